The Hall–Kier alpha value is -1.06. The number of aliphatic hydroxyl groups is 1. The Morgan fingerprint density at radius 2 is 2.07 bits per heavy atom. The number of para-hydroxylation sites is 1. The average molecular weight is 195 g/mol. The number of ether oxygens (including phenoxy) is 1. The highest BCUT2D eigenvalue weighted by Gasteiger charge is 1.99. The van der Waals surface area contributed by atoms with E-state index in [1.165, 1.54) is 5.56 Å². The van der Waals surface area contributed by atoms with Gasteiger partial charge in [-0.25, -0.2) is 0 Å². The Labute approximate surface area is 84.7 Å². The van der Waals surface area contributed by atoms with Gasteiger partial charge in [0.05, 0.1) is 13.7 Å². The number of aliphatic hydroxyl groups excluding tert-OH is 1. The Kier molecular flexibility index (Phi) is 5.04. The summed E-state index contributed by atoms with van der Waals surface area (Å²) in [5.41, 5.74) is 1.19. The van der Waals surface area contributed by atoms with Crippen LogP contribution in [0.25, 0.3) is 0 Å². The Balaban J connectivity index is 2.41. The lowest BCUT2D eigenvalue weighted by molar-refractivity contribution is 0.292. The van der Waals surface area contributed by atoms with Crippen LogP contribution in [-0.4, -0.2) is 31.9 Å². The molecule has 0 bridgehead atoms. The summed E-state index contributed by atoms with van der Waals surface area (Å²) in [7, 11) is 1.68. The van der Waals surface area contributed by atoms with E-state index >= 15 is 0 Å². The lowest BCUT2D eigenvalue weighted by Crippen LogP contribution is -2.20. The van der Waals surface area contributed by atoms with E-state index in [0.717, 1.165) is 18.7 Å². The quantitative estimate of drug-likeness (QED) is 0.660. The van der Waals surface area contributed by atoms with Gasteiger partial charge in [0.25, 0.3) is 0 Å². The van der Waals surface area contributed by atoms with E-state index in [1.807, 2.05) is 18.2 Å². The molecule has 0 unspecified atom stereocenters. The molecule has 3 heteroatoms. The van der Waals surface area contributed by atoms with Crippen LogP contribution in [0.5, 0.6) is 5.75 Å². The van der Waals surface area contributed by atoms with Crippen molar-refractivity contribution in [2.75, 3.05) is 26.8 Å². The van der Waals surface area contributed by atoms with Crippen LogP contribution in [0.2, 0.25) is 0 Å². The lowest BCUT2D eigenvalue weighted by Gasteiger charge is -2.08. The molecule has 0 fully saturated rings. The maximum Gasteiger partial charge on any atom is 0.122 e. The molecule has 1 aromatic rings. The number of methoxy groups -OCH3 is 1. The van der Waals surface area contributed by atoms with Gasteiger partial charge in [0.1, 0.15) is 5.75 Å². The van der Waals surface area contributed by atoms with E-state index in [2.05, 4.69) is 11.4 Å². The third-order valence-electron chi connectivity index (χ3n) is 2.05. The molecule has 2 N–H and O–H groups in total. The first-order valence-electron chi connectivity index (χ1n) is 4.82. The minimum Gasteiger partial charge on any atom is -0.496 e. The standard InChI is InChI=1S/C11H17NO2/c1-14-11-5-3-2-4-10(11)6-7-12-8-9-13/h2-5,12-13H,6-9H2,1H3. The normalized spacial score (nSPS) is 10.1. The van der Waals surface area contributed by atoms with Gasteiger partial charge < -0.3 is 15.2 Å². The lowest BCUT2D eigenvalue weighted by atomic mass is 10.1. The minimum absolute atomic E-state index is 0.186. The molecule has 1 rings (SSSR count). The zero-order valence-electron chi connectivity index (χ0n) is 8.49. The van der Waals surface area contributed by atoms with Crippen LogP contribution < -0.4 is 10.1 Å². The van der Waals surface area contributed by atoms with Crippen molar-refractivity contribution in [1.29, 1.82) is 0 Å². The van der Waals surface area contributed by atoms with Gasteiger partial charge in [-0.05, 0) is 24.6 Å². The molecular weight excluding hydrogens is 178 g/mol. The van der Waals surface area contributed by atoms with Crippen LogP contribution >= 0.6 is 0 Å². The zero-order valence-corrected chi connectivity index (χ0v) is 8.49. The fraction of sp³-hybridized carbons (Fsp3) is 0.455. The van der Waals surface area contributed by atoms with Gasteiger partial charge >= 0.3 is 0 Å². The van der Waals surface area contributed by atoms with Crippen molar-refractivity contribution >= 4 is 0 Å². The van der Waals surface area contributed by atoms with E-state index < -0.39 is 0 Å². The summed E-state index contributed by atoms with van der Waals surface area (Å²) in [4.78, 5) is 0. The summed E-state index contributed by atoms with van der Waals surface area (Å²) < 4.78 is 5.23. The molecule has 0 amide bonds. The number of nitrogens with one attached hydrogen (secondary N) is 1. The first kappa shape index (κ1) is 11.0. The number of hydrogen-bond acceptors (Lipinski definition) is 3. The van der Waals surface area contributed by atoms with E-state index in [1.54, 1.807) is 7.11 Å². The van der Waals surface area contributed by atoms with Crippen molar-refractivity contribution < 1.29 is 9.84 Å². The van der Waals surface area contributed by atoms with Crippen LogP contribution in [0.3, 0.4) is 0 Å². The predicted octanol–water partition coefficient (Wildman–Crippen LogP) is 0.820. The summed E-state index contributed by atoms with van der Waals surface area (Å²) >= 11 is 0. The van der Waals surface area contributed by atoms with E-state index in [9.17, 15) is 0 Å². The molecule has 0 heterocycles. The molecular formula is C11H17NO2. The maximum absolute atomic E-state index is 8.58. The van der Waals surface area contributed by atoms with Gasteiger partial charge in [0.2, 0.25) is 0 Å². The van der Waals surface area contributed by atoms with Crippen LogP contribution in [-0.2, 0) is 6.42 Å². The predicted molar refractivity (Wildman–Crippen MR) is 56.7 cm³/mol. The highest BCUT2D eigenvalue weighted by molar-refractivity contribution is 5.33. The number of rotatable bonds is 6. The van der Waals surface area contributed by atoms with Gasteiger partial charge in [-0.15, -0.1) is 0 Å². The largest absolute Gasteiger partial charge is 0.496 e. The third-order valence-corrected chi connectivity index (χ3v) is 2.05. The fourth-order valence-electron chi connectivity index (χ4n) is 1.34. The Morgan fingerprint density at radius 1 is 1.29 bits per heavy atom. The summed E-state index contributed by atoms with van der Waals surface area (Å²) in [6, 6.07) is 7.98. The molecule has 0 aliphatic rings. The molecule has 14 heavy (non-hydrogen) atoms. The number of benzene rings is 1. The van der Waals surface area contributed by atoms with Crippen LogP contribution in [0, 0.1) is 0 Å². The summed E-state index contributed by atoms with van der Waals surface area (Å²) in [5, 5.41) is 11.7. The monoisotopic (exact) mass is 195 g/mol. The number of hydrogen-bond donors (Lipinski definition) is 2. The molecule has 1 aromatic carbocycles. The second kappa shape index (κ2) is 6.40. The molecule has 0 saturated heterocycles. The molecule has 0 spiro atoms. The van der Waals surface area contributed by atoms with Gasteiger partial charge in [-0.3, -0.25) is 0 Å². The smallest absolute Gasteiger partial charge is 0.122 e. The molecule has 3 nitrogen and oxygen atoms in total. The average Bonchev–Trinajstić information content (AvgIpc) is 2.25. The van der Waals surface area contributed by atoms with Crippen molar-refractivity contribution in [2.24, 2.45) is 0 Å². The first-order valence-corrected chi connectivity index (χ1v) is 4.82. The molecule has 0 aromatic heterocycles. The second-order valence-electron chi connectivity index (χ2n) is 3.04. The first-order chi connectivity index (χ1) is 6.88. The van der Waals surface area contributed by atoms with E-state index in [4.69, 9.17) is 9.84 Å². The Bertz CT molecular complexity index is 263. The Morgan fingerprint density at radius 3 is 2.79 bits per heavy atom. The minimum atomic E-state index is 0.186. The van der Waals surface area contributed by atoms with Crippen molar-refractivity contribution in [3.05, 3.63) is 29.8 Å². The molecule has 0 aliphatic heterocycles. The fourth-order valence-corrected chi connectivity index (χ4v) is 1.34. The van der Waals surface area contributed by atoms with Crippen LogP contribution in [0.1, 0.15) is 5.56 Å². The van der Waals surface area contributed by atoms with Gasteiger partial charge in [0.15, 0.2) is 0 Å². The molecule has 78 valence electrons. The van der Waals surface area contributed by atoms with Gasteiger partial charge in [-0.2, -0.15) is 0 Å². The SMILES string of the molecule is COc1ccccc1CCNCCO. The third kappa shape index (κ3) is 3.36. The molecule has 0 aliphatic carbocycles. The van der Waals surface area contributed by atoms with E-state index in [-0.39, 0.29) is 6.61 Å². The van der Waals surface area contributed by atoms with E-state index in [0.29, 0.717) is 6.54 Å². The van der Waals surface area contributed by atoms with Gasteiger partial charge in [-0.1, -0.05) is 18.2 Å². The van der Waals surface area contributed by atoms with Crippen LogP contribution in [0.15, 0.2) is 24.3 Å². The molecule has 0 saturated carbocycles. The molecule has 0 atom stereocenters. The summed E-state index contributed by atoms with van der Waals surface area (Å²) in [5.74, 6) is 0.929. The highest BCUT2D eigenvalue weighted by atomic mass is 16.5. The van der Waals surface area contributed by atoms with Crippen molar-refractivity contribution in [1.82, 2.24) is 5.32 Å². The maximum atomic E-state index is 8.58. The topological polar surface area (TPSA) is 41.5 Å². The van der Waals surface area contributed by atoms with Crippen LogP contribution in [0.4, 0.5) is 0 Å². The summed E-state index contributed by atoms with van der Waals surface area (Å²) in [6.07, 6.45) is 0.921. The van der Waals surface area contributed by atoms with Crippen molar-refractivity contribution in [3.8, 4) is 5.75 Å². The highest BCUT2D eigenvalue weighted by Crippen LogP contribution is 2.16. The van der Waals surface area contributed by atoms with Crippen molar-refractivity contribution in [3.63, 3.8) is 0 Å². The van der Waals surface area contributed by atoms with Crippen molar-refractivity contribution in [2.45, 2.75) is 6.42 Å². The van der Waals surface area contributed by atoms with Gasteiger partial charge in [0, 0.05) is 6.54 Å². The molecule has 0 radical (unpaired) electrons. The summed E-state index contributed by atoms with van der Waals surface area (Å²) in [6.45, 7) is 1.70. The second-order valence-corrected chi connectivity index (χ2v) is 3.04. The zero-order chi connectivity index (χ0) is 10.2.